The third kappa shape index (κ3) is 2.68. The minimum absolute atomic E-state index is 0.0317. The quantitative estimate of drug-likeness (QED) is 0.777. The van der Waals surface area contributed by atoms with Gasteiger partial charge in [-0.1, -0.05) is 29.3 Å². The SMILES string of the molecule is OCCc1ccc(O)c(-n2nc3cc(Cl)c(Cl)cc3n2)c1. The zero-order valence-electron chi connectivity index (χ0n) is 10.8. The summed E-state index contributed by atoms with van der Waals surface area (Å²) in [7, 11) is 0. The van der Waals surface area contributed by atoms with Gasteiger partial charge in [-0.15, -0.1) is 15.0 Å². The molecule has 0 bridgehead atoms. The molecule has 0 fully saturated rings. The molecule has 0 unspecified atom stereocenters. The van der Waals surface area contributed by atoms with Gasteiger partial charge in [0.1, 0.15) is 22.5 Å². The van der Waals surface area contributed by atoms with Crippen LogP contribution in [0.4, 0.5) is 0 Å². The molecule has 0 amide bonds. The molecule has 5 nitrogen and oxygen atoms in total. The van der Waals surface area contributed by atoms with E-state index in [0.29, 0.717) is 33.2 Å². The van der Waals surface area contributed by atoms with Gasteiger partial charge in [-0.25, -0.2) is 0 Å². The summed E-state index contributed by atoms with van der Waals surface area (Å²) < 4.78 is 0. The summed E-state index contributed by atoms with van der Waals surface area (Å²) in [6, 6.07) is 8.27. The highest BCUT2D eigenvalue weighted by Crippen LogP contribution is 2.28. The molecule has 1 aromatic heterocycles. The average molecular weight is 324 g/mol. The number of nitrogens with zero attached hydrogens (tertiary/aromatic N) is 3. The van der Waals surface area contributed by atoms with Crippen molar-refractivity contribution < 1.29 is 10.2 Å². The Balaban J connectivity index is 2.13. The van der Waals surface area contributed by atoms with Crippen LogP contribution in [0.3, 0.4) is 0 Å². The fourth-order valence-corrected chi connectivity index (χ4v) is 2.35. The Kier molecular flexibility index (Phi) is 3.71. The van der Waals surface area contributed by atoms with Gasteiger partial charge in [-0.2, -0.15) is 0 Å². The maximum Gasteiger partial charge on any atom is 0.143 e. The Hall–Kier alpha value is -1.82. The fourth-order valence-electron chi connectivity index (χ4n) is 2.03. The highest BCUT2D eigenvalue weighted by molar-refractivity contribution is 6.42. The van der Waals surface area contributed by atoms with Crippen LogP contribution in [-0.2, 0) is 6.42 Å². The molecular formula is C14H11Cl2N3O2. The predicted molar refractivity (Wildman–Crippen MR) is 81.3 cm³/mol. The third-order valence-electron chi connectivity index (χ3n) is 3.08. The normalized spacial score (nSPS) is 11.2. The molecule has 7 heteroatoms. The molecular weight excluding hydrogens is 313 g/mol. The van der Waals surface area contributed by atoms with Gasteiger partial charge < -0.3 is 10.2 Å². The minimum atomic E-state index is 0.0317. The lowest BCUT2D eigenvalue weighted by atomic mass is 10.1. The Morgan fingerprint density at radius 1 is 1.00 bits per heavy atom. The van der Waals surface area contributed by atoms with Crippen molar-refractivity contribution in [1.29, 1.82) is 0 Å². The summed E-state index contributed by atoms with van der Waals surface area (Å²) in [5, 5.41) is 28.3. The first kappa shape index (κ1) is 14.1. The van der Waals surface area contributed by atoms with Crippen LogP contribution in [0.1, 0.15) is 5.56 Å². The molecule has 0 spiro atoms. The van der Waals surface area contributed by atoms with E-state index >= 15 is 0 Å². The van der Waals surface area contributed by atoms with Crippen LogP contribution in [0, 0.1) is 0 Å². The molecule has 108 valence electrons. The average Bonchev–Trinajstić information content (AvgIpc) is 2.84. The molecule has 0 radical (unpaired) electrons. The Morgan fingerprint density at radius 3 is 2.19 bits per heavy atom. The molecule has 3 rings (SSSR count). The number of fused-ring (bicyclic) bond motifs is 1. The summed E-state index contributed by atoms with van der Waals surface area (Å²) >= 11 is 11.9. The second kappa shape index (κ2) is 5.52. The zero-order valence-corrected chi connectivity index (χ0v) is 12.3. The standard InChI is InChI=1S/C14H11Cl2N3O2/c15-9-6-11-12(7-10(9)16)18-19(17-11)13-5-8(3-4-20)1-2-14(13)21/h1-2,5-7,20-21H,3-4H2. The van der Waals surface area contributed by atoms with Crippen molar-refractivity contribution in [2.24, 2.45) is 0 Å². The molecule has 21 heavy (non-hydrogen) atoms. The van der Waals surface area contributed by atoms with Crippen LogP contribution < -0.4 is 0 Å². The van der Waals surface area contributed by atoms with Crippen molar-refractivity contribution in [3.8, 4) is 11.4 Å². The number of hydrogen-bond donors (Lipinski definition) is 2. The smallest absolute Gasteiger partial charge is 0.143 e. The number of phenolic OH excluding ortho intramolecular Hbond substituents is 1. The lowest BCUT2D eigenvalue weighted by Gasteiger charge is -2.05. The van der Waals surface area contributed by atoms with Gasteiger partial charge >= 0.3 is 0 Å². The highest BCUT2D eigenvalue weighted by Gasteiger charge is 2.11. The summed E-state index contributed by atoms with van der Waals surface area (Å²) in [5.41, 5.74) is 2.47. The minimum Gasteiger partial charge on any atom is -0.506 e. The number of rotatable bonds is 3. The molecule has 0 aliphatic rings. The number of benzene rings is 2. The van der Waals surface area contributed by atoms with Gasteiger partial charge in [0.2, 0.25) is 0 Å². The van der Waals surface area contributed by atoms with E-state index in [1.807, 2.05) is 0 Å². The molecule has 0 atom stereocenters. The number of aliphatic hydroxyl groups excluding tert-OH is 1. The van der Waals surface area contributed by atoms with E-state index in [1.54, 1.807) is 30.3 Å². The number of aromatic hydroxyl groups is 1. The van der Waals surface area contributed by atoms with E-state index < -0.39 is 0 Å². The van der Waals surface area contributed by atoms with Crippen LogP contribution in [0.2, 0.25) is 10.0 Å². The van der Waals surface area contributed by atoms with Crippen molar-refractivity contribution in [2.45, 2.75) is 6.42 Å². The number of hydrogen-bond acceptors (Lipinski definition) is 4. The maximum atomic E-state index is 9.98. The van der Waals surface area contributed by atoms with E-state index in [9.17, 15) is 5.11 Å². The van der Waals surface area contributed by atoms with Crippen molar-refractivity contribution >= 4 is 34.2 Å². The molecule has 3 aromatic rings. The van der Waals surface area contributed by atoms with Gasteiger partial charge in [-0.05, 0) is 36.2 Å². The Bertz CT molecular complexity index is 778. The van der Waals surface area contributed by atoms with Crippen molar-refractivity contribution in [3.63, 3.8) is 0 Å². The lowest BCUT2D eigenvalue weighted by Crippen LogP contribution is -2.01. The number of phenols is 1. The van der Waals surface area contributed by atoms with Crippen LogP contribution in [-0.4, -0.2) is 31.8 Å². The first-order valence-corrected chi connectivity index (χ1v) is 6.99. The van der Waals surface area contributed by atoms with Crippen LogP contribution in [0.5, 0.6) is 5.75 Å². The monoisotopic (exact) mass is 323 g/mol. The predicted octanol–water partition coefficient (Wildman–Crippen LogP) is 2.97. The summed E-state index contributed by atoms with van der Waals surface area (Å²) in [5.74, 6) is 0.0502. The molecule has 2 N–H and O–H groups in total. The highest BCUT2D eigenvalue weighted by atomic mass is 35.5. The van der Waals surface area contributed by atoms with Gasteiger partial charge in [0.25, 0.3) is 0 Å². The maximum absolute atomic E-state index is 9.98. The second-order valence-electron chi connectivity index (χ2n) is 4.54. The number of aromatic nitrogens is 3. The van der Waals surface area contributed by atoms with Crippen molar-refractivity contribution in [2.75, 3.05) is 6.61 Å². The molecule has 2 aromatic carbocycles. The third-order valence-corrected chi connectivity index (χ3v) is 3.80. The largest absolute Gasteiger partial charge is 0.506 e. The molecule has 0 aliphatic heterocycles. The van der Waals surface area contributed by atoms with E-state index in [2.05, 4.69) is 10.2 Å². The first-order chi connectivity index (χ1) is 10.1. The molecule has 1 heterocycles. The Labute approximate surface area is 130 Å². The molecule has 0 saturated carbocycles. The summed E-state index contributed by atoms with van der Waals surface area (Å²) in [4.78, 5) is 1.33. The van der Waals surface area contributed by atoms with Gasteiger partial charge in [0, 0.05) is 6.61 Å². The van der Waals surface area contributed by atoms with Gasteiger partial charge in [-0.3, -0.25) is 0 Å². The van der Waals surface area contributed by atoms with Gasteiger partial charge in [0.15, 0.2) is 0 Å². The second-order valence-corrected chi connectivity index (χ2v) is 5.36. The van der Waals surface area contributed by atoms with Crippen LogP contribution in [0.25, 0.3) is 16.7 Å². The van der Waals surface area contributed by atoms with E-state index in [0.717, 1.165) is 5.56 Å². The zero-order chi connectivity index (χ0) is 15.0. The van der Waals surface area contributed by atoms with Crippen molar-refractivity contribution in [1.82, 2.24) is 15.0 Å². The Morgan fingerprint density at radius 2 is 1.62 bits per heavy atom. The van der Waals surface area contributed by atoms with Crippen LogP contribution in [0.15, 0.2) is 30.3 Å². The summed E-state index contributed by atoms with van der Waals surface area (Å²) in [6.07, 6.45) is 0.492. The lowest BCUT2D eigenvalue weighted by molar-refractivity contribution is 0.299. The van der Waals surface area contributed by atoms with Gasteiger partial charge in [0.05, 0.1) is 10.0 Å². The topological polar surface area (TPSA) is 71.2 Å². The number of halogens is 2. The van der Waals surface area contributed by atoms with Crippen LogP contribution >= 0.6 is 23.2 Å². The molecule has 0 saturated heterocycles. The molecule has 0 aliphatic carbocycles. The number of aliphatic hydroxyl groups is 1. The summed E-state index contributed by atoms with van der Waals surface area (Å²) in [6.45, 7) is 0.0317. The van der Waals surface area contributed by atoms with E-state index in [1.165, 1.54) is 4.80 Å². The van der Waals surface area contributed by atoms with E-state index in [-0.39, 0.29) is 12.4 Å². The van der Waals surface area contributed by atoms with E-state index in [4.69, 9.17) is 28.3 Å². The fraction of sp³-hybridized carbons (Fsp3) is 0.143. The van der Waals surface area contributed by atoms with Crippen molar-refractivity contribution in [3.05, 3.63) is 45.9 Å². The first-order valence-electron chi connectivity index (χ1n) is 6.23.